The van der Waals surface area contributed by atoms with Crippen LogP contribution in [0.1, 0.15) is 39.0 Å². The minimum atomic E-state index is -0.212. The van der Waals surface area contributed by atoms with Gasteiger partial charge in [0.2, 0.25) is 0 Å². The number of nitrogens with two attached hydrogens (primary N) is 1. The molecular weight excluding hydrogens is 166 g/mol. The highest BCUT2D eigenvalue weighted by atomic mass is 16.5. The maximum Gasteiger partial charge on any atom is 0.0639 e. The first-order valence-electron chi connectivity index (χ1n) is 5.25. The molecule has 0 aliphatic heterocycles. The number of ether oxygens (including phenoxy) is 1. The van der Waals surface area contributed by atoms with Gasteiger partial charge in [0.15, 0.2) is 0 Å². The second-order valence-electron chi connectivity index (χ2n) is 3.43. The lowest BCUT2D eigenvalue weighted by molar-refractivity contribution is 0.0980. The van der Waals surface area contributed by atoms with Gasteiger partial charge in [-0.05, 0) is 6.42 Å². The van der Waals surface area contributed by atoms with E-state index in [1.165, 1.54) is 25.7 Å². The number of unbranched alkanes of at least 4 members (excludes halogenated alkanes) is 4. The number of hydrogen-bond acceptors (Lipinski definition) is 3. The summed E-state index contributed by atoms with van der Waals surface area (Å²) in [7, 11) is 0. The average molecular weight is 189 g/mol. The van der Waals surface area contributed by atoms with Gasteiger partial charge in [0, 0.05) is 6.61 Å². The van der Waals surface area contributed by atoms with Crippen molar-refractivity contribution < 1.29 is 9.84 Å². The zero-order chi connectivity index (χ0) is 9.94. The Morgan fingerprint density at radius 3 is 2.54 bits per heavy atom. The monoisotopic (exact) mass is 189 g/mol. The maximum atomic E-state index is 8.60. The van der Waals surface area contributed by atoms with Crippen molar-refractivity contribution in [3.8, 4) is 0 Å². The van der Waals surface area contributed by atoms with E-state index in [0.29, 0.717) is 6.61 Å². The molecule has 0 saturated heterocycles. The van der Waals surface area contributed by atoms with Gasteiger partial charge in [0.05, 0.1) is 19.3 Å². The molecule has 0 aliphatic carbocycles. The molecule has 0 radical (unpaired) electrons. The largest absolute Gasteiger partial charge is 0.395 e. The standard InChI is InChI=1S/C10H23NO2/c1-2-3-4-5-6-7-13-9-10(11)8-12/h10,12H,2-9,11H2,1H3. The minimum Gasteiger partial charge on any atom is -0.395 e. The Labute approximate surface area is 81.3 Å². The SMILES string of the molecule is CCCCCCCOCC(N)CO. The fraction of sp³-hybridized carbons (Fsp3) is 1.00. The van der Waals surface area contributed by atoms with Crippen LogP contribution in [-0.2, 0) is 4.74 Å². The number of rotatable bonds is 9. The number of aliphatic hydroxyl groups is 1. The molecule has 0 aromatic heterocycles. The smallest absolute Gasteiger partial charge is 0.0639 e. The Morgan fingerprint density at radius 2 is 1.92 bits per heavy atom. The van der Waals surface area contributed by atoms with Gasteiger partial charge >= 0.3 is 0 Å². The fourth-order valence-electron chi connectivity index (χ4n) is 1.10. The number of hydrogen-bond donors (Lipinski definition) is 2. The minimum absolute atomic E-state index is 0.00976. The van der Waals surface area contributed by atoms with Crippen molar-refractivity contribution in [1.82, 2.24) is 0 Å². The van der Waals surface area contributed by atoms with Crippen molar-refractivity contribution in [3.05, 3.63) is 0 Å². The van der Waals surface area contributed by atoms with E-state index < -0.39 is 0 Å². The summed E-state index contributed by atoms with van der Waals surface area (Å²) in [6, 6.07) is -0.212. The highest BCUT2D eigenvalue weighted by molar-refractivity contribution is 4.55. The van der Waals surface area contributed by atoms with Crippen LogP contribution in [0, 0.1) is 0 Å². The number of aliphatic hydroxyl groups excluding tert-OH is 1. The molecule has 0 aromatic rings. The van der Waals surface area contributed by atoms with E-state index in [1.807, 2.05) is 0 Å². The van der Waals surface area contributed by atoms with Crippen molar-refractivity contribution >= 4 is 0 Å². The highest BCUT2D eigenvalue weighted by Gasteiger charge is 1.98. The molecule has 0 heterocycles. The van der Waals surface area contributed by atoms with Crippen molar-refractivity contribution in [2.24, 2.45) is 5.73 Å². The van der Waals surface area contributed by atoms with E-state index in [1.54, 1.807) is 0 Å². The van der Waals surface area contributed by atoms with Crippen LogP contribution in [-0.4, -0.2) is 31.0 Å². The van der Waals surface area contributed by atoms with Crippen LogP contribution in [0.25, 0.3) is 0 Å². The summed E-state index contributed by atoms with van der Waals surface area (Å²) in [6.45, 7) is 3.47. The first-order valence-corrected chi connectivity index (χ1v) is 5.25. The van der Waals surface area contributed by atoms with Gasteiger partial charge in [-0.2, -0.15) is 0 Å². The van der Waals surface area contributed by atoms with Crippen molar-refractivity contribution in [2.45, 2.75) is 45.1 Å². The second kappa shape index (κ2) is 9.96. The molecule has 80 valence electrons. The van der Waals surface area contributed by atoms with Crippen LogP contribution < -0.4 is 5.73 Å². The van der Waals surface area contributed by atoms with E-state index >= 15 is 0 Å². The predicted molar refractivity (Wildman–Crippen MR) is 54.6 cm³/mol. The summed E-state index contributed by atoms with van der Waals surface area (Å²) in [4.78, 5) is 0. The molecule has 0 saturated carbocycles. The zero-order valence-electron chi connectivity index (χ0n) is 8.67. The summed E-state index contributed by atoms with van der Waals surface area (Å²) >= 11 is 0. The fourth-order valence-corrected chi connectivity index (χ4v) is 1.10. The maximum absolute atomic E-state index is 8.60. The molecule has 3 N–H and O–H groups in total. The molecule has 0 aromatic carbocycles. The lowest BCUT2D eigenvalue weighted by Gasteiger charge is -2.08. The molecule has 1 unspecified atom stereocenters. The van der Waals surface area contributed by atoms with Crippen LogP contribution in [0.3, 0.4) is 0 Å². The third-order valence-corrected chi connectivity index (χ3v) is 1.96. The van der Waals surface area contributed by atoms with Crippen LogP contribution in [0.15, 0.2) is 0 Å². The molecule has 0 rings (SSSR count). The van der Waals surface area contributed by atoms with Gasteiger partial charge in [-0.25, -0.2) is 0 Å². The molecule has 0 aliphatic rings. The Hall–Kier alpha value is -0.120. The summed E-state index contributed by atoms with van der Waals surface area (Å²) < 4.78 is 5.28. The summed E-state index contributed by atoms with van der Waals surface area (Å²) in [5.74, 6) is 0. The van der Waals surface area contributed by atoms with Crippen LogP contribution in [0.2, 0.25) is 0 Å². The second-order valence-corrected chi connectivity index (χ2v) is 3.43. The molecule has 0 spiro atoms. The van der Waals surface area contributed by atoms with E-state index in [4.69, 9.17) is 15.6 Å². The van der Waals surface area contributed by atoms with Gasteiger partial charge in [0.1, 0.15) is 0 Å². The van der Waals surface area contributed by atoms with Crippen molar-refractivity contribution in [1.29, 1.82) is 0 Å². The molecule has 0 amide bonds. The summed E-state index contributed by atoms with van der Waals surface area (Å²) in [6.07, 6.45) is 6.23. The Bertz CT molecular complexity index is 98.9. The average Bonchev–Trinajstić information content (AvgIpc) is 2.16. The van der Waals surface area contributed by atoms with Crippen LogP contribution in [0.5, 0.6) is 0 Å². The normalized spacial score (nSPS) is 13.2. The van der Waals surface area contributed by atoms with Gasteiger partial charge in [-0.1, -0.05) is 32.6 Å². The van der Waals surface area contributed by atoms with E-state index in [9.17, 15) is 0 Å². The first-order chi connectivity index (χ1) is 6.31. The predicted octanol–water partition coefficient (Wildman–Crippen LogP) is 1.29. The summed E-state index contributed by atoms with van der Waals surface area (Å²) in [5, 5.41) is 8.60. The van der Waals surface area contributed by atoms with E-state index in [-0.39, 0.29) is 12.6 Å². The van der Waals surface area contributed by atoms with E-state index in [0.717, 1.165) is 13.0 Å². The Kier molecular flexibility index (Phi) is 9.87. The highest BCUT2D eigenvalue weighted by Crippen LogP contribution is 2.02. The van der Waals surface area contributed by atoms with Gasteiger partial charge in [-0.15, -0.1) is 0 Å². The lowest BCUT2D eigenvalue weighted by Crippen LogP contribution is -2.30. The molecule has 3 nitrogen and oxygen atoms in total. The lowest BCUT2D eigenvalue weighted by atomic mass is 10.2. The third-order valence-electron chi connectivity index (χ3n) is 1.96. The Balaban J connectivity index is 2.91. The molecule has 1 atom stereocenters. The van der Waals surface area contributed by atoms with Crippen LogP contribution in [0.4, 0.5) is 0 Å². The molecule has 0 bridgehead atoms. The molecular formula is C10H23NO2. The van der Waals surface area contributed by atoms with Crippen molar-refractivity contribution in [3.63, 3.8) is 0 Å². The van der Waals surface area contributed by atoms with Gasteiger partial charge in [0.25, 0.3) is 0 Å². The molecule has 13 heavy (non-hydrogen) atoms. The summed E-state index contributed by atoms with van der Waals surface area (Å²) in [5.41, 5.74) is 5.46. The third kappa shape index (κ3) is 9.80. The first kappa shape index (κ1) is 12.9. The van der Waals surface area contributed by atoms with Crippen LogP contribution >= 0.6 is 0 Å². The molecule has 0 fully saturated rings. The van der Waals surface area contributed by atoms with Crippen molar-refractivity contribution in [2.75, 3.05) is 19.8 Å². The quantitative estimate of drug-likeness (QED) is 0.537. The van der Waals surface area contributed by atoms with Gasteiger partial charge in [-0.3, -0.25) is 0 Å². The molecule has 3 heteroatoms. The van der Waals surface area contributed by atoms with Gasteiger partial charge < -0.3 is 15.6 Å². The Morgan fingerprint density at radius 1 is 1.23 bits per heavy atom. The van der Waals surface area contributed by atoms with E-state index in [2.05, 4.69) is 6.92 Å². The topological polar surface area (TPSA) is 55.5 Å². The zero-order valence-corrected chi connectivity index (χ0v) is 8.67.